The minimum atomic E-state index is -0.447. The van der Waals surface area contributed by atoms with Crippen LogP contribution in [0, 0.1) is 10.1 Å². The second-order valence-electron chi connectivity index (χ2n) is 3.73. The number of nitro groups is 1. The molecule has 0 amide bonds. The van der Waals surface area contributed by atoms with Gasteiger partial charge in [-0.25, -0.2) is 0 Å². The number of para-hydroxylation sites is 2. The maximum absolute atomic E-state index is 10.6. The molecule has 0 heterocycles. The molecule has 2 aromatic rings. The molecule has 0 fully saturated rings. The fraction of sp³-hybridized carbons (Fsp3) is 0.143. The summed E-state index contributed by atoms with van der Waals surface area (Å²) >= 11 is 0. The van der Waals surface area contributed by atoms with Crippen molar-refractivity contribution in [3.8, 4) is 17.2 Å². The van der Waals surface area contributed by atoms with E-state index >= 15 is 0 Å². The summed E-state index contributed by atoms with van der Waals surface area (Å²) in [6, 6.07) is 13.2. The second-order valence-corrected chi connectivity index (χ2v) is 3.73. The standard InChI is InChI=1S/C14H13NO4/c1-2-18-13-5-3-4-6-14(13)19-12-9-7-11(8-10-12)15(16)17/h3-10H,2H2,1H3. The van der Waals surface area contributed by atoms with Gasteiger partial charge in [-0.15, -0.1) is 0 Å². The van der Waals surface area contributed by atoms with Crippen LogP contribution in [-0.4, -0.2) is 11.5 Å². The van der Waals surface area contributed by atoms with E-state index in [2.05, 4.69) is 0 Å². The van der Waals surface area contributed by atoms with Crippen LogP contribution in [0.5, 0.6) is 17.2 Å². The summed E-state index contributed by atoms with van der Waals surface area (Å²) in [7, 11) is 0. The van der Waals surface area contributed by atoms with Crippen LogP contribution < -0.4 is 9.47 Å². The summed E-state index contributed by atoms with van der Waals surface area (Å²) < 4.78 is 11.1. The zero-order valence-electron chi connectivity index (χ0n) is 10.4. The lowest BCUT2D eigenvalue weighted by molar-refractivity contribution is -0.384. The van der Waals surface area contributed by atoms with Gasteiger partial charge in [-0.05, 0) is 31.2 Å². The molecule has 0 aliphatic heterocycles. The summed E-state index contributed by atoms with van der Waals surface area (Å²) in [6.07, 6.45) is 0. The average Bonchev–Trinajstić information content (AvgIpc) is 2.42. The van der Waals surface area contributed by atoms with E-state index in [0.717, 1.165) is 0 Å². The molecular formula is C14H13NO4. The predicted octanol–water partition coefficient (Wildman–Crippen LogP) is 3.79. The number of nitrogens with zero attached hydrogens (tertiary/aromatic N) is 1. The molecule has 2 aromatic carbocycles. The highest BCUT2D eigenvalue weighted by atomic mass is 16.6. The van der Waals surface area contributed by atoms with Gasteiger partial charge in [0.2, 0.25) is 0 Å². The number of benzene rings is 2. The normalized spacial score (nSPS) is 9.95. The van der Waals surface area contributed by atoms with Crippen LogP contribution in [0.25, 0.3) is 0 Å². The van der Waals surface area contributed by atoms with Crippen molar-refractivity contribution >= 4 is 5.69 Å². The lowest BCUT2D eigenvalue weighted by Gasteiger charge is -2.10. The summed E-state index contributed by atoms with van der Waals surface area (Å²) in [5.74, 6) is 1.75. The summed E-state index contributed by atoms with van der Waals surface area (Å²) in [5, 5.41) is 10.6. The third-order valence-corrected chi connectivity index (χ3v) is 2.42. The van der Waals surface area contributed by atoms with Crippen molar-refractivity contribution in [2.24, 2.45) is 0 Å². The number of non-ortho nitro benzene ring substituents is 1. The van der Waals surface area contributed by atoms with Gasteiger partial charge in [-0.1, -0.05) is 12.1 Å². The molecule has 0 bridgehead atoms. The molecule has 5 heteroatoms. The number of rotatable bonds is 5. The monoisotopic (exact) mass is 259 g/mol. The molecule has 5 nitrogen and oxygen atoms in total. The van der Waals surface area contributed by atoms with Gasteiger partial charge in [0.15, 0.2) is 11.5 Å². The van der Waals surface area contributed by atoms with Crippen molar-refractivity contribution in [2.75, 3.05) is 6.61 Å². The number of nitro benzene ring substituents is 1. The molecule has 0 unspecified atom stereocenters. The fourth-order valence-electron chi connectivity index (χ4n) is 1.57. The van der Waals surface area contributed by atoms with E-state index in [-0.39, 0.29) is 5.69 Å². The van der Waals surface area contributed by atoms with Crippen LogP contribution in [0.1, 0.15) is 6.92 Å². The molecule has 19 heavy (non-hydrogen) atoms. The number of hydrogen-bond donors (Lipinski definition) is 0. The fourth-order valence-corrected chi connectivity index (χ4v) is 1.57. The van der Waals surface area contributed by atoms with Crippen LogP contribution >= 0.6 is 0 Å². The van der Waals surface area contributed by atoms with Gasteiger partial charge in [-0.2, -0.15) is 0 Å². The highest BCUT2D eigenvalue weighted by Crippen LogP contribution is 2.31. The Morgan fingerprint density at radius 3 is 2.26 bits per heavy atom. The minimum absolute atomic E-state index is 0.0328. The molecular weight excluding hydrogens is 246 g/mol. The van der Waals surface area contributed by atoms with Crippen LogP contribution in [0.2, 0.25) is 0 Å². The first kappa shape index (κ1) is 12.9. The lowest BCUT2D eigenvalue weighted by Crippen LogP contribution is -1.94. The number of hydrogen-bond acceptors (Lipinski definition) is 4. The second kappa shape index (κ2) is 5.86. The molecule has 98 valence electrons. The van der Waals surface area contributed by atoms with Gasteiger partial charge in [-0.3, -0.25) is 10.1 Å². The lowest BCUT2D eigenvalue weighted by atomic mass is 10.3. The Hall–Kier alpha value is -2.56. The molecule has 0 saturated heterocycles. The van der Waals surface area contributed by atoms with Crippen LogP contribution in [0.4, 0.5) is 5.69 Å². The summed E-state index contributed by atoms with van der Waals surface area (Å²) in [4.78, 5) is 10.1. The van der Waals surface area contributed by atoms with E-state index in [1.54, 1.807) is 18.2 Å². The Kier molecular flexibility index (Phi) is 3.97. The van der Waals surface area contributed by atoms with Gasteiger partial charge in [0.25, 0.3) is 5.69 Å². The predicted molar refractivity (Wildman–Crippen MR) is 70.8 cm³/mol. The van der Waals surface area contributed by atoms with Crippen molar-refractivity contribution in [3.63, 3.8) is 0 Å². The van der Waals surface area contributed by atoms with E-state index < -0.39 is 4.92 Å². The van der Waals surface area contributed by atoms with E-state index in [9.17, 15) is 10.1 Å². The van der Waals surface area contributed by atoms with Crippen molar-refractivity contribution in [3.05, 3.63) is 58.6 Å². The zero-order valence-corrected chi connectivity index (χ0v) is 10.4. The Balaban J connectivity index is 2.19. The highest BCUT2D eigenvalue weighted by Gasteiger charge is 2.07. The van der Waals surface area contributed by atoms with Crippen molar-refractivity contribution in [1.82, 2.24) is 0 Å². The van der Waals surface area contributed by atoms with Gasteiger partial charge < -0.3 is 9.47 Å². The highest BCUT2D eigenvalue weighted by molar-refractivity contribution is 5.44. The molecule has 2 rings (SSSR count). The van der Waals surface area contributed by atoms with E-state index in [1.165, 1.54) is 12.1 Å². The van der Waals surface area contributed by atoms with Crippen LogP contribution in [0.15, 0.2) is 48.5 Å². The molecule has 0 aromatic heterocycles. The third kappa shape index (κ3) is 3.22. The van der Waals surface area contributed by atoms with Gasteiger partial charge >= 0.3 is 0 Å². The molecule has 0 aliphatic rings. The first-order chi connectivity index (χ1) is 9.20. The molecule has 0 saturated carbocycles. The first-order valence-corrected chi connectivity index (χ1v) is 5.85. The Morgan fingerprint density at radius 2 is 1.68 bits per heavy atom. The van der Waals surface area contributed by atoms with Gasteiger partial charge in [0.1, 0.15) is 5.75 Å². The van der Waals surface area contributed by atoms with Crippen LogP contribution in [0.3, 0.4) is 0 Å². The SMILES string of the molecule is CCOc1ccccc1Oc1ccc([N+](=O)[O-])cc1. The van der Waals surface area contributed by atoms with Crippen molar-refractivity contribution in [2.45, 2.75) is 6.92 Å². The quantitative estimate of drug-likeness (QED) is 0.605. The largest absolute Gasteiger partial charge is 0.490 e. The minimum Gasteiger partial charge on any atom is -0.490 e. The van der Waals surface area contributed by atoms with E-state index in [1.807, 2.05) is 25.1 Å². The zero-order chi connectivity index (χ0) is 13.7. The van der Waals surface area contributed by atoms with E-state index in [0.29, 0.717) is 23.9 Å². The van der Waals surface area contributed by atoms with Gasteiger partial charge in [0, 0.05) is 12.1 Å². The maximum Gasteiger partial charge on any atom is 0.269 e. The first-order valence-electron chi connectivity index (χ1n) is 5.85. The summed E-state index contributed by atoms with van der Waals surface area (Å²) in [5.41, 5.74) is 0.0328. The summed E-state index contributed by atoms with van der Waals surface area (Å²) in [6.45, 7) is 2.43. The Bertz CT molecular complexity index is 566. The Labute approximate surface area is 110 Å². The van der Waals surface area contributed by atoms with Crippen molar-refractivity contribution in [1.29, 1.82) is 0 Å². The van der Waals surface area contributed by atoms with E-state index in [4.69, 9.17) is 9.47 Å². The molecule has 0 aliphatic carbocycles. The van der Waals surface area contributed by atoms with Gasteiger partial charge in [0.05, 0.1) is 11.5 Å². The van der Waals surface area contributed by atoms with Crippen LogP contribution in [-0.2, 0) is 0 Å². The third-order valence-electron chi connectivity index (χ3n) is 2.42. The molecule has 0 radical (unpaired) electrons. The average molecular weight is 259 g/mol. The molecule has 0 atom stereocenters. The molecule has 0 N–H and O–H groups in total. The van der Waals surface area contributed by atoms with Crippen molar-refractivity contribution < 1.29 is 14.4 Å². The Morgan fingerprint density at radius 1 is 1.05 bits per heavy atom. The smallest absolute Gasteiger partial charge is 0.269 e. The maximum atomic E-state index is 10.6. The molecule has 0 spiro atoms. The number of ether oxygens (including phenoxy) is 2. The topological polar surface area (TPSA) is 61.6 Å².